The lowest BCUT2D eigenvalue weighted by Gasteiger charge is -2.01. The van der Waals surface area contributed by atoms with Crippen molar-refractivity contribution in [3.05, 3.63) is 28.2 Å². The minimum absolute atomic E-state index is 0.347. The number of halogens is 1. The molecule has 0 N–H and O–H groups in total. The monoisotopic (exact) mass is 212 g/mol. The number of fused-ring (bicyclic) bond motifs is 1. The van der Waals surface area contributed by atoms with Crippen LogP contribution in [-0.4, -0.2) is 6.10 Å². The molecule has 2 heteroatoms. The second-order valence-electron chi connectivity index (χ2n) is 2.88. The molecule has 11 heavy (non-hydrogen) atoms. The predicted octanol–water partition coefficient (Wildman–Crippen LogP) is 2.77. The van der Waals surface area contributed by atoms with Crippen molar-refractivity contribution in [2.24, 2.45) is 0 Å². The summed E-state index contributed by atoms with van der Waals surface area (Å²) < 4.78 is 6.67. The van der Waals surface area contributed by atoms with Crippen LogP contribution in [0.3, 0.4) is 0 Å². The highest BCUT2D eigenvalue weighted by atomic mass is 79.9. The minimum Gasteiger partial charge on any atom is -0.490 e. The first kappa shape index (κ1) is 7.17. The highest BCUT2D eigenvalue weighted by Crippen LogP contribution is 2.30. The van der Waals surface area contributed by atoms with Gasteiger partial charge in [0.2, 0.25) is 0 Å². The molecule has 1 nitrogen and oxygen atoms in total. The van der Waals surface area contributed by atoms with E-state index in [-0.39, 0.29) is 0 Å². The zero-order valence-electron chi connectivity index (χ0n) is 6.30. The molecule has 1 aliphatic rings. The Morgan fingerprint density at radius 1 is 1.55 bits per heavy atom. The summed E-state index contributed by atoms with van der Waals surface area (Å²) in [6, 6.07) is 6.15. The third kappa shape index (κ3) is 1.27. The van der Waals surface area contributed by atoms with Gasteiger partial charge in [-0.1, -0.05) is 15.9 Å². The average Bonchev–Trinajstić information content (AvgIpc) is 2.27. The molecule has 1 aromatic carbocycles. The normalized spacial score (nSPS) is 21.1. The van der Waals surface area contributed by atoms with Gasteiger partial charge in [-0.15, -0.1) is 0 Å². The van der Waals surface area contributed by atoms with Gasteiger partial charge in [0, 0.05) is 10.9 Å². The van der Waals surface area contributed by atoms with Crippen LogP contribution in [0.1, 0.15) is 12.5 Å². The lowest BCUT2D eigenvalue weighted by Crippen LogP contribution is -2.05. The summed E-state index contributed by atoms with van der Waals surface area (Å²) in [6.45, 7) is 2.09. The Morgan fingerprint density at radius 3 is 3.18 bits per heavy atom. The van der Waals surface area contributed by atoms with Crippen LogP contribution >= 0.6 is 15.9 Å². The van der Waals surface area contributed by atoms with Crippen LogP contribution in [0.15, 0.2) is 22.7 Å². The summed E-state index contributed by atoms with van der Waals surface area (Å²) in [5, 5.41) is 0. The van der Waals surface area contributed by atoms with E-state index in [2.05, 4.69) is 28.9 Å². The maximum Gasteiger partial charge on any atom is 0.123 e. The first-order valence-corrected chi connectivity index (χ1v) is 4.50. The molecule has 0 spiro atoms. The van der Waals surface area contributed by atoms with Crippen LogP contribution < -0.4 is 4.74 Å². The third-order valence-corrected chi connectivity index (χ3v) is 2.35. The van der Waals surface area contributed by atoms with E-state index in [4.69, 9.17) is 4.74 Å². The molecule has 1 aliphatic heterocycles. The van der Waals surface area contributed by atoms with Crippen LogP contribution in [0.25, 0.3) is 0 Å². The van der Waals surface area contributed by atoms with E-state index in [1.165, 1.54) is 5.56 Å². The molecule has 0 fully saturated rings. The second-order valence-corrected chi connectivity index (χ2v) is 3.80. The molecule has 0 bridgehead atoms. The number of hydrogen-bond acceptors (Lipinski definition) is 1. The van der Waals surface area contributed by atoms with Crippen LogP contribution in [-0.2, 0) is 6.42 Å². The van der Waals surface area contributed by atoms with E-state index in [0.717, 1.165) is 16.6 Å². The van der Waals surface area contributed by atoms with Gasteiger partial charge in [-0.3, -0.25) is 0 Å². The maximum atomic E-state index is 5.54. The highest BCUT2D eigenvalue weighted by Gasteiger charge is 2.18. The zero-order chi connectivity index (χ0) is 7.84. The van der Waals surface area contributed by atoms with Crippen molar-refractivity contribution < 1.29 is 4.74 Å². The van der Waals surface area contributed by atoms with Gasteiger partial charge in [-0.05, 0) is 30.7 Å². The molecule has 58 valence electrons. The maximum absolute atomic E-state index is 5.54. The van der Waals surface area contributed by atoms with Gasteiger partial charge in [0.05, 0.1) is 0 Å². The molecular formula is C9H9BrO. The summed E-state index contributed by atoms with van der Waals surface area (Å²) in [4.78, 5) is 0. The molecule has 0 saturated carbocycles. The smallest absolute Gasteiger partial charge is 0.123 e. The molecule has 0 aliphatic carbocycles. The Morgan fingerprint density at radius 2 is 2.36 bits per heavy atom. The van der Waals surface area contributed by atoms with Gasteiger partial charge in [0.25, 0.3) is 0 Å². The van der Waals surface area contributed by atoms with Gasteiger partial charge in [-0.2, -0.15) is 0 Å². The number of ether oxygens (including phenoxy) is 1. The number of hydrogen-bond donors (Lipinski definition) is 0. The van der Waals surface area contributed by atoms with E-state index < -0.39 is 0 Å². The Kier molecular flexibility index (Phi) is 1.64. The number of benzene rings is 1. The molecule has 1 aromatic rings. The summed E-state index contributed by atoms with van der Waals surface area (Å²) in [7, 11) is 0. The van der Waals surface area contributed by atoms with E-state index in [1.807, 2.05) is 12.1 Å². The lowest BCUT2D eigenvalue weighted by atomic mass is 10.1. The standard InChI is InChI=1S/C9H9BrO/c1-6-4-7-5-8(10)2-3-9(7)11-6/h2-3,5-6H,4H2,1H3/t6-/m1/s1. The molecule has 1 atom stereocenters. The number of rotatable bonds is 0. The van der Waals surface area contributed by atoms with Gasteiger partial charge in [0.1, 0.15) is 11.9 Å². The van der Waals surface area contributed by atoms with E-state index in [9.17, 15) is 0 Å². The molecule has 2 rings (SSSR count). The van der Waals surface area contributed by atoms with Gasteiger partial charge in [0.15, 0.2) is 0 Å². The topological polar surface area (TPSA) is 9.23 Å². The Balaban J connectivity index is 2.43. The molecule has 0 amide bonds. The molecule has 0 saturated heterocycles. The summed E-state index contributed by atoms with van der Waals surface area (Å²) in [6.07, 6.45) is 1.38. The second kappa shape index (κ2) is 2.52. The molecule has 0 unspecified atom stereocenters. The largest absolute Gasteiger partial charge is 0.490 e. The van der Waals surface area contributed by atoms with Gasteiger partial charge >= 0.3 is 0 Å². The first-order chi connectivity index (χ1) is 5.25. The molecular weight excluding hydrogens is 204 g/mol. The van der Waals surface area contributed by atoms with Crippen molar-refractivity contribution in [3.8, 4) is 5.75 Å². The summed E-state index contributed by atoms with van der Waals surface area (Å²) in [5.41, 5.74) is 1.31. The summed E-state index contributed by atoms with van der Waals surface area (Å²) >= 11 is 3.43. The predicted molar refractivity (Wildman–Crippen MR) is 47.9 cm³/mol. The summed E-state index contributed by atoms with van der Waals surface area (Å²) in [5.74, 6) is 1.04. The highest BCUT2D eigenvalue weighted by molar-refractivity contribution is 9.10. The molecule has 0 aromatic heterocycles. The lowest BCUT2D eigenvalue weighted by molar-refractivity contribution is 0.254. The minimum atomic E-state index is 0.347. The Bertz CT molecular complexity index is 283. The van der Waals surface area contributed by atoms with E-state index in [0.29, 0.717) is 6.10 Å². The average molecular weight is 213 g/mol. The fourth-order valence-electron chi connectivity index (χ4n) is 1.39. The molecule has 0 radical (unpaired) electrons. The van der Waals surface area contributed by atoms with Crippen molar-refractivity contribution in [1.29, 1.82) is 0 Å². The Hall–Kier alpha value is -0.500. The third-order valence-electron chi connectivity index (χ3n) is 1.86. The fourth-order valence-corrected chi connectivity index (χ4v) is 1.80. The van der Waals surface area contributed by atoms with Crippen LogP contribution in [0, 0.1) is 0 Å². The SMILES string of the molecule is C[C@@H]1Cc2cc(Br)ccc2O1. The van der Waals surface area contributed by atoms with Crippen LogP contribution in [0.4, 0.5) is 0 Å². The van der Waals surface area contributed by atoms with Crippen molar-refractivity contribution in [3.63, 3.8) is 0 Å². The fraction of sp³-hybridized carbons (Fsp3) is 0.333. The quantitative estimate of drug-likeness (QED) is 0.643. The van der Waals surface area contributed by atoms with Crippen molar-refractivity contribution in [2.45, 2.75) is 19.4 Å². The van der Waals surface area contributed by atoms with Gasteiger partial charge < -0.3 is 4.74 Å². The van der Waals surface area contributed by atoms with Crippen molar-refractivity contribution in [2.75, 3.05) is 0 Å². The Labute approximate surface area is 74.5 Å². The first-order valence-electron chi connectivity index (χ1n) is 3.71. The van der Waals surface area contributed by atoms with E-state index in [1.54, 1.807) is 0 Å². The van der Waals surface area contributed by atoms with Crippen LogP contribution in [0.5, 0.6) is 5.75 Å². The van der Waals surface area contributed by atoms with Crippen molar-refractivity contribution >= 4 is 15.9 Å². The zero-order valence-corrected chi connectivity index (χ0v) is 7.89. The van der Waals surface area contributed by atoms with Gasteiger partial charge in [-0.25, -0.2) is 0 Å². The van der Waals surface area contributed by atoms with E-state index >= 15 is 0 Å². The van der Waals surface area contributed by atoms with Crippen molar-refractivity contribution in [1.82, 2.24) is 0 Å². The molecule has 1 heterocycles. The van der Waals surface area contributed by atoms with Crippen LogP contribution in [0.2, 0.25) is 0 Å².